The van der Waals surface area contributed by atoms with E-state index in [1.165, 1.54) is 10.4 Å². The maximum Gasteiger partial charge on any atom is 0.0991 e. The summed E-state index contributed by atoms with van der Waals surface area (Å²) in [6, 6.07) is 14.0. The van der Waals surface area contributed by atoms with Gasteiger partial charge in [-0.05, 0) is 36.8 Å². The first-order valence-electron chi connectivity index (χ1n) is 5.66. The van der Waals surface area contributed by atoms with Crippen molar-refractivity contribution in [3.63, 3.8) is 0 Å². The van der Waals surface area contributed by atoms with Crippen LogP contribution in [0.4, 0.5) is 0 Å². The van der Waals surface area contributed by atoms with Crippen molar-refractivity contribution in [2.24, 2.45) is 0 Å². The third kappa shape index (κ3) is 3.33. The van der Waals surface area contributed by atoms with E-state index in [1.54, 1.807) is 11.3 Å². The highest BCUT2D eigenvalue weighted by Crippen LogP contribution is 2.22. The molecule has 0 aliphatic rings. The number of benzene rings is 1. The second-order valence-electron chi connectivity index (χ2n) is 4.04. The van der Waals surface area contributed by atoms with Crippen LogP contribution in [0.3, 0.4) is 0 Å². The zero-order valence-electron chi connectivity index (χ0n) is 9.98. The molecule has 18 heavy (non-hydrogen) atoms. The lowest BCUT2D eigenvalue weighted by atomic mass is 10.1. The molecule has 2 rings (SSSR count). The summed E-state index contributed by atoms with van der Waals surface area (Å²) in [6.45, 7) is 2.91. The number of thiophene rings is 1. The van der Waals surface area contributed by atoms with Crippen molar-refractivity contribution in [1.82, 2.24) is 5.32 Å². The predicted molar refractivity (Wildman–Crippen MR) is 75.7 cm³/mol. The number of hydrogen-bond acceptors (Lipinski definition) is 3. The molecule has 0 bridgehead atoms. The smallest absolute Gasteiger partial charge is 0.0991 e. The second-order valence-corrected chi connectivity index (χ2v) is 5.84. The van der Waals surface area contributed by atoms with Crippen molar-refractivity contribution in [1.29, 1.82) is 5.26 Å². The highest BCUT2D eigenvalue weighted by Gasteiger charge is 2.05. The number of nitrogens with zero attached hydrogens (tertiary/aromatic N) is 1. The number of nitriles is 1. The van der Waals surface area contributed by atoms with Crippen molar-refractivity contribution in [2.45, 2.75) is 19.5 Å². The van der Waals surface area contributed by atoms with E-state index in [4.69, 9.17) is 16.9 Å². The Morgan fingerprint density at radius 3 is 2.56 bits per heavy atom. The van der Waals surface area contributed by atoms with Crippen molar-refractivity contribution in [2.75, 3.05) is 0 Å². The summed E-state index contributed by atoms with van der Waals surface area (Å²) in [5.41, 5.74) is 1.87. The van der Waals surface area contributed by atoms with E-state index in [-0.39, 0.29) is 6.04 Å². The third-order valence-electron chi connectivity index (χ3n) is 2.75. The molecule has 0 saturated heterocycles. The van der Waals surface area contributed by atoms with Gasteiger partial charge in [-0.25, -0.2) is 0 Å². The second kappa shape index (κ2) is 6.01. The van der Waals surface area contributed by atoms with Gasteiger partial charge in [0.15, 0.2) is 0 Å². The number of hydrogen-bond donors (Lipinski definition) is 1. The van der Waals surface area contributed by atoms with Gasteiger partial charge in [-0.1, -0.05) is 23.7 Å². The Hall–Kier alpha value is -1.34. The van der Waals surface area contributed by atoms with Gasteiger partial charge in [-0.3, -0.25) is 0 Å². The maximum absolute atomic E-state index is 8.74. The van der Waals surface area contributed by atoms with Gasteiger partial charge in [-0.15, -0.1) is 11.3 Å². The lowest BCUT2D eigenvalue weighted by Crippen LogP contribution is -2.17. The fourth-order valence-corrected chi connectivity index (χ4v) is 2.70. The van der Waals surface area contributed by atoms with Gasteiger partial charge in [0.2, 0.25) is 0 Å². The third-order valence-corrected chi connectivity index (χ3v) is 3.98. The Bertz CT molecular complexity index is 554. The van der Waals surface area contributed by atoms with Crippen LogP contribution in [0.5, 0.6) is 0 Å². The van der Waals surface area contributed by atoms with Crippen molar-refractivity contribution in [3.05, 3.63) is 56.7 Å². The Labute approximate surface area is 116 Å². The number of halogens is 1. The molecule has 4 heteroatoms. The van der Waals surface area contributed by atoms with Crippen LogP contribution < -0.4 is 5.32 Å². The molecule has 0 aliphatic carbocycles. The summed E-state index contributed by atoms with van der Waals surface area (Å²) in [5.74, 6) is 0. The molecule has 2 aromatic rings. The van der Waals surface area contributed by atoms with Crippen molar-refractivity contribution >= 4 is 22.9 Å². The SMILES string of the molecule is CC(NCc1ccc(Cl)s1)c1ccc(C#N)cc1. The highest BCUT2D eigenvalue weighted by atomic mass is 35.5. The standard InChI is InChI=1S/C14H13ClN2S/c1-10(12-4-2-11(8-16)3-5-12)17-9-13-6-7-14(15)18-13/h2-7,10,17H,9H2,1H3. The van der Waals surface area contributed by atoms with E-state index in [0.717, 1.165) is 10.9 Å². The summed E-state index contributed by atoms with van der Waals surface area (Å²) in [4.78, 5) is 1.22. The van der Waals surface area contributed by atoms with Crippen LogP contribution >= 0.6 is 22.9 Å². The quantitative estimate of drug-likeness (QED) is 0.912. The molecule has 2 nitrogen and oxygen atoms in total. The molecule has 0 aliphatic heterocycles. The Morgan fingerprint density at radius 1 is 1.28 bits per heavy atom. The molecule has 1 heterocycles. The molecule has 0 fully saturated rings. The van der Waals surface area contributed by atoms with Crippen LogP contribution in [0.1, 0.15) is 29.0 Å². The van der Waals surface area contributed by atoms with Crippen LogP contribution in [-0.4, -0.2) is 0 Å². The first-order chi connectivity index (χ1) is 8.69. The van der Waals surface area contributed by atoms with Gasteiger partial charge in [-0.2, -0.15) is 5.26 Å². The Kier molecular flexibility index (Phi) is 4.38. The van der Waals surface area contributed by atoms with Gasteiger partial charge in [0.1, 0.15) is 0 Å². The highest BCUT2D eigenvalue weighted by molar-refractivity contribution is 7.16. The monoisotopic (exact) mass is 276 g/mol. The lowest BCUT2D eigenvalue weighted by Gasteiger charge is -2.13. The molecule has 0 radical (unpaired) electrons. The first-order valence-corrected chi connectivity index (χ1v) is 6.86. The summed E-state index contributed by atoms with van der Waals surface area (Å²) < 4.78 is 0.817. The van der Waals surface area contributed by atoms with E-state index in [1.807, 2.05) is 36.4 Å². The molecule has 1 aromatic heterocycles. The number of nitrogens with one attached hydrogen (secondary N) is 1. The average Bonchev–Trinajstić information content (AvgIpc) is 2.82. The maximum atomic E-state index is 8.74. The molecular formula is C14H13ClN2S. The fraction of sp³-hybridized carbons (Fsp3) is 0.214. The van der Waals surface area contributed by atoms with Crippen LogP contribution in [0.25, 0.3) is 0 Å². The van der Waals surface area contributed by atoms with Crippen LogP contribution in [0.15, 0.2) is 36.4 Å². The van der Waals surface area contributed by atoms with Gasteiger partial charge in [0.25, 0.3) is 0 Å². The molecule has 1 N–H and O–H groups in total. The average molecular weight is 277 g/mol. The first kappa shape index (κ1) is 13.1. The fourth-order valence-electron chi connectivity index (χ4n) is 1.66. The van der Waals surface area contributed by atoms with Gasteiger partial charge in [0.05, 0.1) is 16.0 Å². The van der Waals surface area contributed by atoms with Crippen LogP contribution in [0, 0.1) is 11.3 Å². The number of rotatable bonds is 4. The zero-order valence-corrected chi connectivity index (χ0v) is 11.6. The summed E-state index contributed by atoms with van der Waals surface area (Å²) in [6.07, 6.45) is 0. The molecule has 1 unspecified atom stereocenters. The molecule has 0 spiro atoms. The van der Waals surface area contributed by atoms with E-state index >= 15 is 0 Å². The normalized spacial score (nSPS) is 12.1. The van der Waals surface area contributed by atoms with Crippen molar-refractivity contribution in [3.8, 4) is 6.07 Å². The van der Waals surface area contributed by atoms with Crippen LogP contribution in [0.2, 0.25) is 4.34 Å². The summed E-state index contributed by atoms with van der Waals surface area (Å²) in [5, 5.41) is 12.2. The Morgan fingerprint density at radius 2 is 2.00 bits per heavy atom. The summed E-state index contributed by atoms with van der Waals surface area (Å²) >= 11 is 7.48. The Balaban J connectivity index is 1.95. The van der Waals surface area contributed by atoms with E-state index in [2.05, 4.69) is 18.3 Å². The van der Waals surface area contributed by atoms with Crippen LogP contribution in [-0.2, 0) is 6.54 Å². The van der Waals surface area contributed by atoms with E-state index < -0.39 is 0 Å². The lowest BCUT2D eigenvalue weighted by molar-refractivity contribution is 0.579. The predicted octanol–water partition coefficient (Wildman–Crippen LogP) is 4.12. The van der Waals surface area contributed by atoms with Crippen molar-refractivity contribution < 1.29 is 0 Å². The minimum atomic E-state index is 0.249. The summed E-state index contributed by atoms with van der Waals surface area (Å²) in [7, 11) is 0. The minimum absolute atomic E-state index is 0.249. The zero-order chi connectivity index (χ0) is 13.0. The topological polar surface area (TPSA) is 35.8 Å². The molecule has 92 valence electrons. The van der Waals surface area contributed by atoms with Gasteiger partial charge in [0, 0.05) is 17.5 Å². The van der Waals surface area contributed by atoms with E-state index in [0.29, 0.717) is 5.56 Å². The molecule has 0 saturated carbocycles. The van der Waals surface area contributed by atoms with E-state index in [9.17, 15) is 0 Å². The largest absolute Gasteiger partial charge is 0.305 e. The van der Waals surface area contributed by atoms with Gasteiger partial charge < -0.3 is 5.32 Å². The molecule has 0 amide bonds. The van der Waals surface area contributed by atoms with Gasteiger partial charge >= 0.3 is 0 Å². The molecule has 1 atom stereocenters. The molecular weight excluding hydrogens is 264 g/mol. The minimum Gasteiger partial charge on any atom is -0.305 e. The molecule has 1 aromatic carbocycles.